The highest BCUT2D eigenvalue weighted by Crippen LogP contribution is 2.34. The zero-order chi connectivity index (χ0) is 35.7. The van der Waals surface area contributed by atoms with Gasteiger partial charge in [0.25, 0.3) is 5.91 Å². The van der Waals surface area contributed by atoms with E-state index in [0.717, 1.165) is 87.9 Å². The third-order valence-corrected chi connectivity index (χ3v) is 11.8. The predicted octanol–water partition coefficient (Wildman–Crippen LogP) is 2.36. The highest BCUT2D eigenvalue weighted by Gasteiger charge is 2.25. The van der Waals surface area contributed by atoms with Crippen LogP contribution in [-0.4, -0.2) is 136 Å². The Morgan fingerprint density at radius 3 is 1.56 bits per heavy atom. The summed E-state index contributed by atoms with van der Waals surface area (Å²) >= 11 is 0. The molecular formula is C39H55N6O4P. The van der Waals surface area contributed by atoms with Crippen molar-refractivity contribution in [2.45, 2.75) is 20.8 Å². The first-order valence-corrected chi connectivity index (χ1v) is 19.3. The third kappa shape index (κ3) is 11.7. The summed E-state index contributed by atoms with van der Waals surface area (Å²) in [4.78, 5) is 49.1. The smallest absolute Gasteiger partial charge is 0.338 e. The molecule has 1 saturated heterocycles. The molecule has 50 heavy (non-hydrogen) atoms. The fourth-order valence-electron chi connectivity index (χ4n) is 6.15. The predicted molar refractivity (Wildman–Crippen MR) is 205 cm³/mol. The number of ether oxygens (including phenoxy) is 1. The SMILES string of the molecule is CCN1CCN(CC)CCN(CC(=O)NCCNC(=O)c2ccc(C(=O)OC)c(P(c3ccccc3)c3ccccc3)c2)CCN(CC)CC1. The average Bonchev–Trinajstić information content (AvgIpc) is 3.15. The van der Waals surface area contributed by atoms with Crippen LogP contribution in [0.3, 0.4) is 0 Å². The highest BCUT2D eigenvalue weighted by atomic mass is 31.1. The zero-order valence-electron chi connectivity index (χ0n) is 30.3. The molecule has 3 aromatic carbocycles. The minimum Gasteiger partial charge on any atom is -0.465 e. The largest absolute Gasteiger partial charge is 0.465 e. The normalized spacial score (nSPS) is 15.9. The maximum Gasteiger partial charge on any atom is 0.338 e. The van der Waals surface area contributed by atoms with Crippen LogP contribution < -0.4 is 26.5 Å². The molecule has 4 rings (SSSR count). The molecule has 0 aromatic heterocycles. The molecule has 0 saturated carbocycles. The number of carbonyl (C=O) groups is 3. The molecule has 1 fully saturated rings. The van der Waals surface area contributed by atoms with Crippen molar-refractivity contribution >= 4 is 41.6 Å². The minimum absolute atomic E-state index is 0.0457. The Labute approximate surface area is 299 Å². The summed E-state index contributed by atoms with van der Waals surface area (Å²) in [6.07, 6.45) is 0. The van der Waals surface area contributed by atoms with Crippen LogP contribution in [0.5, 0.6) is 0 Å². The molecule has 2 amide bonds. The Bertz CT molecular complexity index is 1430. The van der Waals surface area contributed by atoms with E-state index in [-0.39, 0.29) is 18.4 Å². The van der Waals surface area contributed by atoms with E-state index in [1.165, 1.54) is 7.11 Å². The molecule has 0 radical (unpaired) electrons. The summed E-state index contributed by atoms with van der Waals surface area (Å²) in [5.41, 5.74) is 0.879. The Kier molecular flexibility index (Phi) is 16.3. The number of likely N-dealkylation sites (N-methyl/N-ethyl adjacent to an activating group) is 3. The minimum atomic E-state index is -1.15. The van der Waals surface area contributed by atoms with Crippen molar-refractivity contribution < 1.29 is 19.1 Å². The number of amides is 2. The second-order valence-electron chi connectivity index (χ2n) is 12.4. The molecule has 1 heterocycles. The molecule has 10 nitrogen and oxygen atoms in total. The summed E-state index contributed by atoms with van der Waals surface area (Å²) in [6, 6.07) is 25.2. The molecule has 0 atom stereocenters. The molecular weight excluding hydrogens is 647 g/mol. The number of methoxy groups -OCH3 is 1. The van der Waals surface area contributed by atoms with Crippen molar-refractivity contribution in [3.8, 4) is 0 Å². The van der Waals surface area contributed by atoms with Crippen molar-refractivity contribution in [3.63, 3.8) is 0 Å². The van der Waals surface area contributed by atoms with Gasteiger partial charge in [-0.15, -0.1) is 0 Å². The zero-order valence-corrected chi connectivity index (χ0v) is 31.2. The second-order valence-corrected chi connectivity index (χ2v) is 14.6. The van der Waals surface area contributed by atoms with Crippen LogP contribution in [-0.2, 0) is 9.53 Å². The van der Waals surface area contributed by atoms with Gasteiger partial charge in [0.15, 0.2) is 0 Å². The molecule has 0 unspecified atom stereocenters. The molecule has 2 N–H and O–H groups in total. The van der Waals surface area contributed by atoms with Crippen molar-refractivity contribution in [2.75, 3.05) is 98.7 Å². The van der Waals surface area contributed by atoms with Gasteiger partial charge in [-0.1, -0.05) is 81.4 Å². The van der Waals surface area contributed by atoms with Crippen LogP contribution in [0, 0.1) is 0 Å². The highest BCUT2D eigenvalue weighted by molar-refractivity contribution is 7.80. The second kappa shape index (κ2) is 20.9. The molecule has 270 valence electrons. The van der Waals surface area contributed by atoms with Gasteiger partial charge < -0.3 is 30.1 Å². The monoisotopic (exact) mass is 702 g/mol. The molecule has 0 spiro atoms. The lowest BCUT2D eigenvalue weighted by Gasteiger charge is -2.33. The van der Waals surface area contributed by atoms with Gasteiger partial charge >= 0.3 is 5.97 Å². The number of nitrogens with one attached hydrogen (secondary N) is 2. The number of nitrogens with zero attached hydrogens (tertiary/aromatic N) is 4. The first-order chi connectivity index (χ1) is 24.4. The van der Waals surface area contributed by atoms with Crippen molar-refractivity contribution in [3.05, 3.63) is 90.0 Å². The maximum atomic E-state index is 13.4. The number of esters is 1. The van der Waals surface area contributed by atoms with Crippen LogP contribution in [0.15, 0.2) is 78.9 Å². The average molecular weight is 703 g/mol. The van der Waals surface area contributed by atoms with Crippen molar-refractivity contribution in [2.24, 2.45) is 0 Å². The van der Waals surface area contributed by atoms with E-state index in [0.29, 0.717) is 24.2 Å². The number of benzene rings is 3. The van der Waals surface area contributed by atoms with Gasteiger partial charge in [-0.05, 0) is 56.4 Å². The number of hydrogen-bond acceptors (Lipinski definition) is 8. The van der Waals surface area contributed by atoms with Crippen LogP contribution in [0.2, 0.25) is 0 Å². The summed E-state index contributed by atoms with van der Waals surface area (Å²) < 4.78 is 5.14. The maximum absolute atomic E-state index is 13.4. The van der Waals surface area contributed by atoms with Crippen LogP contribution in [0.4, 0.5) is 0 Å². The quantitative estimate of drug-likeness (QED) is 0.159. The van der Waals surface area contributed by atoms with Crippen LogP contribution in [0.1, 0.15) is 41.5 Å². The Balaban J connectivity index is 1.38. The summed E-state index contributed by atoms with van der Waals surface area (Å²) in [6.45, 7) is 18.3. The standard InChI is InChI=1S/C39H55N6O4P/c1-5-42-22-24-43(6-2)26-28-45(29-27-44(7-3)25-23-42)31-37(46)40-20-21-41-38(47)32-18-19-35(39(48)49-4)36(30-32)50(33-14-10-8-11-15-33)34-16-12-9-13-17-34/h8-19,30H,5-7,20-29,31H2,1-4H3,(H,40,46)(H,41,47). The van der Waals surface area contributed by atoms with Crippen molar-refractivity contribution in [1.29, 1.82) is 0 Å². The summed E-state index contributed by atoms with van der Waals surface area (Å²) in [5, 5.41) is 8.83. The lowest BCUT2D eigenvalue weighted by molar-refractivity contribution is -0.122. The van der Waals surface area contributed by atoms with E-state index in [1.54, 1.807) is 12.1 Å². The molecule has 0 aliphatic carbocycles. The molecule has 11 heteroatoms. The first-order valence-electron chi connectivity index (χ1n) is 17.9. The fourth-order valence-corrected chi connectivity index (χ4v) is 8.62. The summed E-state index contributed by atoms with van der Waals surface area (Å²) in [7, 11) is 0.218. The third-order valence-electron chi connectivity index (χ3n) is 9.31. The van der Waals surface area contributed by atoms with E-state index < -0.39 is 13.9 Å². The van der Waals surface area contributed by atoms with E-state index in [2.05, 4.69) is 51.0 Å². The molecule has 1 aliphatic rings. The lowest BCUT2D eigenvalue weighted by Crippen LogP contribution is -2.48. The van der Waals surface area contributed by atoms with E-state index in [1.807, 2.05) is 66.7 Å². The Morgan fingerprint density at radius 2 is 1.10 bits per heavy atom. The van der Waals surface area contributed by atoms with Crippen molar-refractivity contribution in [1.82, 2.24) is 30.2 Å². The van der Waals surface area contributed by atoms with Crippen LogP contribution >= 0.6 is 7.92 Å². The van der Waals surface area contributed by atoms with Gasteiger partial charge in [0.1, 0.15) is 0 Å². The van der Waals surface area contributed by atoms with Gasteiger partial charge in [0, 0.05) is 76.3 Å². The molecule has 0 bridgehead atoms. The number of carbonyl (C=O) groups excluding carboxylic acids is 3. The van der Waals surface area contributed by atoms with E-state index in [9.17, 15) is 14.4 Å². The van der Waals surface area contributed by atoms with Gasteiger partial charge in [0.2, 0.25) is 5.91 Å². The van der Waals surface area contributed by atoms with Gasteiger partial charge in [-0.25, -0.2) is 4.79 Å². The van der Waals surface area contributed by atoms with E-state index >= 15 is 0 Å². The fraction of sp³-hybridized carbons (Fsp3) is 0.462. The number of rotatable bonds is 13. The topological polar surface area (TPSA) is 97.5 Å². The first kappa shape index (κ1) is 39.1. The number of hydrogen-bond donors (Lipinski definition) is 2. The van der Waals surface area contributed by atoms with E-state index in [4.69, 9.17) is 4.74 Å². The Morgan fingerprint density at radius 1 is 0.640 bits per heavy atom. The van der Waals surface area contributed by atoms with Gasteiger partial charge in [-0.2, -0.15) is 0 Å². The van der Waals surface area contributed by atoms with Crippen LogP contribution in [0.25, 0.3) is 0 Å². The summed E-state index contributed by atoms with van der Waals surface area (Å²) in [5.74, 6) is -0.757. The van der Waals surface area contributed by atoms with Gasteiger partial charge in [0.05, 0.1) is 19.2 Å². The lowest BCUT2D eigenvalue weighted by atomic mass is 10.1. The Hall–Kier alpha value is -3.66. The van der Waals surface area contributed by atoms with Gasteiger partial charge in [-0.3, -0.25) is 14.5 Å². The molecule has 1 aliphatic heterocycles. The molecule has 3 aromatic rings.